The van der Waals surface area contributed by atoms with Crippen LogP contribution < -0.4 is 5.32 Å². The van der Waals surface area contributed by atoms with Crippen molar-refractivity contribution in [2.45, 2.75) is 26.4 Å². The normalized spacial score (nSPS) is 12.9. The van der Waals surface area contributed by atoms with E-state index in [0.717, 1.165) is 10.9 Å². The molecule has 0 aliphatic rings. The Labute approximate surface area is 106 Å². The zero-order valence-corrected chi connectivity index (χ0v) is 10.8. The largest absolute Gasteiger partial charge is 0.347 e. The number of ketones is 1. The van der Waals surface area contributed by atoms with Gasteiger partial charge in [0.1, 0.15) is 5.82 Å². The lowest BCUT2D eigenvalue weighted by molar-refractivity contribution is 0.0956. The number of hydrogen-bond acceptors (Lipinski definition) is 2. The first kappa shape index (κ1) is 12.8. The van der Waals surface area contributed by atoms with Crippen molar-refractivity contribution in [1.29, 1.82) is 0 Å². The fraction of sp³-hybridized carbons (Fsp3) is 0.357. The lowest BCUT2D eigenvalue weighted by atomic mass is 10.0. The van der Waals surface area contributed by atoms with Crippen LogP contribution in [-0.2, 0) is 6.54 Å². The summed E-state index contributed by atoms with van der Waals surface area (Å²) in [6, 6.07) is 4.29. The molecule has 18 heavy (non-hydrogen) atoms. The molecule has 0 radical (unpaired) electrons. The minimum Gasteiger partial charge on any atom is -0.347 e. The molecular formula is C14H17FN2O. The molecule has 0 spiro atoms. The van der Waals surface area contributed by atoms with Gasteiger partial charge < -0.3 is 9.88 Å². The molecule has 1 N–H and O–H groups in total. The van der Waals surface area contributed by atoms with E-state index in [1.165, 1.54) is 12.1 Å². The Balaban J connectivity index is 2.62. The fourth-order valence-corrected chi connectivity index (χ4v) is 2.09. The number of nitrogens with one attached hydrogen (secondary N) is 1. The van der Waals surface area contributed by atoms with Crippen LogP contribution in [0.5, 0.6) is 0 Å². The number of hydrogen-bond donors (Lipinski definition) is 1. The maximum Gasteiger partial charge on any atom is 0.181 e. The number of aromatic nitrogens is 1. The zero-order valence-electron chi connectivity index (χ0n) is 10.8. The summed E-state index contributed by atoms with van der Waals surface area (Å²) in [5, 5.41) is 3.74. The second kappa shape index (κ2) is 4.90. The molecule has 0 saturated heterocycles. The van der Waals surface area contributed by atoms with E-state index in [1.807, 2.05) is 18.4 Å². The van der Waals surface area contributed by atoms with Gasteiger partial charge >= 0.3 is 0 Å². The van der Waals surface area contributed by atoms with Gasteiger partial charge in [0.25, 0.3) is 0 Å². The number of Topliss-reactive ketones (excluding diaryl/α,β-unsaturated/α-hetero) is 1. The third-order valence-corrected chi connectivity index (χ3v) is 3.28. The van der Waals surface area contributed by atoms with Gasteiger partial charge in [0, 0.05) is 23.7 Å². The molecule has 0 fully saturated rings. The number of carbonyl (C=O) groups is 1. The Morgan fingerprint density at radius 2 is 2.22 bits per heavy atom. The highest BCUT2D eigenvalue weighted by Gasteiger charge is 2.19. The lowest BCUT2D eigenvalue weighted by Gasteiger charge is -2.07. The molecule has 1 aromatic carbocycles. The van der Waals surface area contributed by atoms with Crippen LogP contribution in [-0.4, -0.2) is 23.4 Å². The minimum atomic E-state index is -0.282. The standard InChI is InChI=1S/C14H17FN2O/c1-4-17-8-12(14(18)9(2)16-3)11-6-5-10(15)7-13(11)17/h5-9,16H,4H2,1-3H3. The van der Waals surface area contributed by atoms with Crippen molar-refractivity contribution in [2.24, 2.45) is 0 Å². The van der Waals surface area contributed by atoms with Gasteiger partial charge in [0.2, 0.25) is 0 Å². The molecule has 1 atom stereocenters. The monoisotopic (exact) mass is 248 g/mol. The quantitative estimate of drug-likeness (QED) is 0.844. The molecule has 96 valence electrons. The van der Waals surface area contributed by atoms with Crippen LogP contribution in [0.25, 0.3) is 10.9 Å². The predicted octanol–water partition coefficient (Wildman–Crippen LogP) is 2.59. The number of aryl methyl sites for hydroxylation is 1. The summed E-state index contributed by atoms with van der Waals surface area (Å²) in [5.41, 5.74) is 1.41. The van der Waals surface area contributed by atoms with Gasteiger partial charge in [-0.05, 0) is 39.1 Å². The summed E-state index contributed by atoms with van der Waals surface area (Å²) in [6.07, 6.45) is 1.81. The van der Waals surface area contributed by atoms with Crippen molar-refractivity contribution >= 4 is 16.7 Å². The van der Waals surface area contributed by atoms with Crippen molar-refractivity contribution in [3.05, 3.63) is 35.8 Å². The van der Waals surface area contributed by atoms with Crippen LogP contribution in [0, 0.1) is 5.82 Å². The third kappa shape index (κ3) is 2.04. The van der Waals surface area contributed by atoms with Crippen LogP contribution >= 0.6 is 0 Å². The second-order valence-corrected chi connectivity index (χ2v) is 4.36. The molecular weight excluding hydrogens is 231 g/mol. The molecule has 3 nitrogen and oxygen atoms in total. The smallest absolute Gasteiger partial charge is 0.181 e. The van der Waals surface area contributed by atoms with Gasteiger partial charge in [-0.3, -0.25) is 4.79 Å². The molecule has 0 amide bonds. The van der Waals surface area contributed by atoms with Gasteiger partial charge in [0.05, 0.1) is 11.6 Å². The summed E-state index contributed by atoms with van der Waals surface area (Å²) in [5.74, 6) is -0.253. The summed E-state index contributed by atoms with van der Waals surface area (Å²) >= 11 is 0. The van der Waals surface area contributed by atoms with E-state index in [1.54, 1.807) is 19.3 Å². The Morgan fingerprint density at radius 3 is 2.83 bits per heavy atom. The van der Waals surface area contributed by atoms with E-state index in [0.29, 0.717) is 12.1 Å². The van der Waals surface area contributed by atoms with E-state index in [2.05, 4.69) is 5.32 Å². The van der Waals surface area contributed by atoms with E-state index >= 15 is 0 Å². The third-order valence-electron chi connectivity index (χ3n) is 3.28. The number of nitrogens with zero attached hydrogens (tertiary/aromatic N) is 1. The average Bonchev–Trinajstić information content (AvgIpc) is 2.74. The van der Waals surface area contributed by atoms with E-state index in [9.17, 15) is 9.18 Å². The maximum atomic E-state index is 13.3. The van der Waals surface area contributed by atoms with Gasteiger partial charge in [-0.2, -0.15) is 0 Å². The average molecular weight is 248 g/mol. The number of fused-ring (bicyclic) bond motifs is 1. The van der Waals surface area contributed by atoms with Crippen molar-refractivity contribution in [1.82, 2.24) is 9.88 Å². The molecule has 0 aliphatic heterocycles. The summed E-state index contributed by atoms with van der Waals surface area (Å²) in [7, 11) is 1.75. The maximum absolute atomic E-state index is 13.3. The molecule has 1 aromatic heterocycles. The lowest BCUT2D eigenvalue weighted by Crippen LogP contribution is -2.30. The highest BCUT2D eigenvalue weighted by molar-refractivity contribution is 6.10. The first-order chi connectivity index (χ1) is 8.58. The molecule has 2 aromatic rings. The number of benzene rings is 1. The van der Waals surface area contributed by atoms with E-state index in [4.69, 9.17) is 0 Å². The molecule has 0 saturated carbocycles. The second-order valence-electron chi connectivity index (χ2n) is 4.36. The summed E-state index contributed by atoms with van der Waals surface area (Å²) in [4.78, 5) is 12.2. The van der Waals surface area contributed by atoms with E-state index < -0.39 is 0 Å². The SMILES string of the molecule is CCn1cc(C(=O)C(C)NC)c2ccc(F)cc21. The Morgan fingerprint density at radius 1 is 1.50 bits per heavy atom. The van der Waals surface area contributed by atoms with Crippen LogP contribution in [0.1, 0.15) is 24.2 Å². The molecule has 4 heteroatoms. The van der Waals surface area contributed by atoms with Crippen LogP contribution in [0.3, 0.4) is 0 Å². The number of likely N-dealkylation sites (N-methyl/N-ethyl adjacent to an activating group) is 1. The topological polar surface area (TPSA) is 34.0 Å². The van der Waals surface area contributed by atoms with E-state index in [-0.39, 0.29) is 17.6 Å². The van der Waals surface area contributed by atoms with Gasteiger partial charge in [0.15, 0.2) is 5.78 Å². The first-order valence-corrected chi connectivity index (χ1v) is 6.08. The van der Waals surface area contributed by atoms with Gasteiger partial charge in [-0.25, -0.2) is 4.39 Å². The Bertz CT molecular complexity index is 589. The van der Waals surface area contributed by atoms with Crippen LogP contribution in [0.15, 0.2) is 24.4 Å². The predicted molar refractivity (Wildman–Crippen MR) is 70.4 cm³/mol. The summed E-state index contributed by atoms with van der Waals surface area (Å²) < 4.78 is 15.2. The van der Waals surface area contributed by atoms with Crippen molar-refractivity contribution in [3.63, 3.8) is 0 Å². The fourth-order valence-electron chi connectivity index (χ4n) is 2.09. The van der Waals surface area contributed by atoms with Gasteiger partial charge in [-0.15, -0.1) is 0 Å². The molecule has 1 unspecified atom stereocenters. The Hall–Kier alpha value is -1.68. The first-order valence-electron chi connectivity index (χ1n) is 6.08. The zero-order chi connectivity index (χ0) is 13.3. The Kier molecular flexibility index (Phi) is 3.48. The summed E-state index contributed by atoms with van der Waals surface area (Å²) in [6.45, 7) is 4.50. The van der Waals surface area contributed by atoms with Crippen molar-refractivity contribution in [2.75, 3.05) is 7.05 Å². The highest BCUT2D eigenvalue weighted by Crippen LogP contribution is 2.23. The molecule has 0 aliphatic carbocycles. The number of halogens is 1. The van der Waals surface area contributed by atoms with Crippen LogP contribution in [0.2, 0.25) is 0 Å². The number of carbonyl (C=O) groups excluding carboxylic acids is 1. The molecule has 2 rings (SSSR count). The van der Waals surface area contributed by atoms with Gasteiger partial charge in [-0.1, -0.05) is 0 Å². The number of rotatable bonds is 4. The molecule has 1 heterocycles. The van der Waals surface area contributed by atoms with Crippen molar-refractivity contribution < 1.29 is 9.18 Å². The van der Waals surface area contributed by atoms with Crippen LogP contribution in [0.4, 0.5) is 4.39 Å². The highest BCUT2D eigenvalue weighted by atomic mass is 19.1. The van der Waals surface area contributed by atoms with Crippen molar-refractivity contribution in [3.8, 4) is 0 Å². The minimum absolute atomic E-state index is 0.0290. The molecule has 0 bridgehead atoms.